The van der Waals surface area contributed by atoms with Gasteiger partial charge in [-0.05, 0) is 37.1 Å². The third-order valence-corrected chi connectivity index (χ3v) is 3.68. The number of ether oxygens (including phenoxy) is 1. The summed E-state index contributed by atoms with van der Waals surface area (Å²) in [5.74, 6) is 1.32. The Kier molecular flexibility index (Phi) is 7.21. The number of halogens is 1. The lowest BCUT2D eigenvalue weighted by Crippen LogP contribution is -2.39. The lowest BCUT2D eigenvalue weighted by molar-refractivity contribution is 0.102. The first-order valence-electron chi connectivity index (χ1n) is 6.82. The molecule has 1 aromatic rings. The third-order valence-electron chi connectivity index (χ3n) is 3.43. The zero-order valence-electron chi connectivity index (χ0n) is 11.9. The van der Waals surface area contributed by atoms with Gasteiger partial charge >= 0.3 is 0 Å². The average molecular weight is 286 g/mol. The van der Waals surface area contributed by atoms with Crippen molar-refractivity contribution in [1.29, 1.82) is 0 Å². The monoisotopic (exact) mass is 285 g/mol. The standard InChI is InChI=1S/C15H24ClNO2/c1-4-11(2)12(3)17-9-14(18)10-19-15-7-5-13(16)6-8-15/h5-8,11-12,14,17-18H,4,9-10H2,1-3H3. The van der Waals surface area contributed by atoms with Crippen LogP contribution in [-0.2, 0) is 0 Å². The van der Waals surface area contributed by atoms with E-state index in [1.54, 1.807) is 24.3 Å². The predicted octanol–water partition coefficient (Wildman–Crippen LogP) is 3.10. The molecule has 3 nitrogen and oxygen atoms in total. The third kappa shape index (κ3) is 6.28. The molecular weight excluding hydrogens is 262 g/mol. The number of benzene rings is 1. The molecule has 0 heterocycles. The van der Waals surface area contributed by atoms with Gasteiger partial charge in [0.1, 0.15) is 18.5 Å². The van der Waals surface area contributed by atoms with E-state index in [9.17, 15) is 5.11 Å². The highest BCUT2D eigenvalue weighted by molar-refractivity contribution is 6.30. The second-order valence-electron chi connectivity index (χ2n) is 5.00. The van der Waals surface area contributed by atoms with Crippen molar-refractivity contribution < 1.29 is 9.84 Å². The van der Waals surface area contributed by atoms with Crippen LogP contribution in [-0.4, -0.2) is 30.4 Å². The van der Waals surface area contributed by atoms with Gasteiger partial charge in [0, 0.05) is 17.6 Å². The Morgan fingerprint density at radius 2 is 1.89 bits per heavy atom. The summed E-state index contributed by atoms with van der Waals surface area (Å²) in [7, 11) is 0. The summed E-state index contributed by atoms with van der Waals surface area (Å²) < 4.78 is 5.49. The topological polar surface area (TPSA) is 41.5 Å². The maximum absolute atomic E-state index is 9.85. The molecule has 1 aromatic carbocycles. The highest BCUT2D eigenvalue weighted by Crippen LogP contribution is 2.15. The van der Waals surface area contributed by atoms with E-state index in [1.807, 2.05) is 0 Å². The number of rotatable bonds is 8. The smallest absolute Gasteiger partial charge is 0.119 e. The lowest BCUT2D eigenvalue weighted by Gasteiger charge is -2.22. The van der Waals surface area contributed by atoms with Crippen LogP contribution in [0.15, 0.2) is 24.3 Å². The van der Waals surface area contributed by atoms with Gasteiger partial charge < -0.3 is 15.2 Å². The molecule has 0 aliphatic rings. The van der Waals surface area contributed by atoms with Crippen molar-refractivity contribution in [3.8, 4) is 5.75 Å². The van der Waals surface area contributed by atoms with Crippen molar-refractivity contribution in [3.05, 3.63) is 29.3 Å². The minimum Gasteiger partial charge on any atom is -0.491 e. The van der Waals surface area contributed by atoms with Gasteiger partial charge in [-0.2, -0.15) is 0 Å². The normalized spacial score (nSPS) is 15.8. The Balaban J connectivity index is 2.24. The van der Waals surface area contributed by atoms with E-state index >= 15 is 0 Å². The fraction of sp³-hybridized carbons (Fsp3) is 0.600. The molecule has 0 aliphatic carbocycles. The summed E-state index contributed by atoms with van der Waals surface area (Å²) in [6.07, 6.45) is 0.619. The van der Waals surface area contributed by atoms with Crippen molar-refractivity contribution in [1.82, 2.24) is 5.32 Å². The van der Waals surface area contributed by atoms with E-state index < -0.39 is 6.10 Å². The van der Waals surface area contributed by atoms with Gasteiger partial charge in [0.2, 0.25) is 0 Å². The molecular formula is C15H24ClNO2. The summed E-state index contributed by atoms with van der Waals surface area (Å²) in [5, 5.41) is 13.9. The Hall–Kier alpha value is -0.770. The van der Waals surface area contributed by atoms with Gasteiger partial charge in [-0.1, -0.05) is 31.9 Å². The molecule has 0 radical (unpaired) electrons. The Morgan fingerprint density at radius 3 is 2.47 bits per heavy atom. The number of aliphatic hydroxyl groups is 1. The Bertz CT molecular complexity index is 356. The first-order valence-corrected chi connectivity index (χ1v) is 7.20. The second kappa shape index (κ2) is 8.41. The largest absolute Gasteiger partial charge is 0.491 e. The van der Waals surface area contributed by atoms with Gasteiger partial charge in [-0.25, -0.2) is 0 Å². The maximum Gasteiger partial charge on any atom is 0.119 e. The van der Waals surface area contributed by atoms with E-state index in [2.05, 4.69) is 26.1 Å². The first-order chi connectivity index (χ1) is 9.02. The van der Waals surface area contributed by atoms with Gasteiger partial charge in [0.05, 0.1) is 0 Å². The molecule has 0 aliphatic heterocycles. The molecule has 108 valence electrons. The zero-order valence-corrected chi connectivity index (χ0v) is 12.7. The highest BCUT2D eigenvalue weighted by atomic mass is 35.5. The minimum atomic E-state index is -0.512. The summed E-state index contributed by atoms with van der Waals surface area (Å²) in [4.78, 5) is 0. The molecule has 0 aromatic heterocycles. The fourth-order valence-electron chi connectivity index (χ4n) is 1.66. The zero-order chi connectivity index (χ0) is 14.3. The predicted molar refractivity (Wildman–Crippen MR) is 79.9 cm³/mol. The van der Waals surface area contributed by atoms with Crippen LogP contribution in [0.2, 0.25) is 5.02 Å². The van der Waals surface area contributed by atoms with Crippen molar-refractivity contribution in [2.45, 2.75) is 39.3 Å². The highest BCUT2D eigenvalue weighted by Gasteiger charge is 2.12. The van der Waals surface area contributed by atoms with Gasteiger partial charge in [0.15, 0.2) is 0 Å². The van der Waals surface area contributed by atoms with Crippen LogP contribution in [0.3, 0.4) is 0 Å². The van der Waals surface area contributed by atoms with Crippen LogP contribution in [0.25, 0.3) is 0 Å². The Morgan fingerprint density at radius 1 is 1.26 bits per heavy atom. The van der Waals surface area contributed by atoms with E-state index in [-0.39, 0.29) is 6.61 Å². The van der Waals surface area contributed by atoms with E-state index in [0.29, 0.717) is 23.5 Å². The van der Waals surface area contributed by atoms with Crippen LogP contribution in [0.5, 0.6) is 5.75 Å². The molecule has 2 N–H and O–H groups in total. The van der Waals surface area contributed by atoms with Crippen LogP contribution in [0, 0.1) is 5.92 Å². The summed E-state index contributed by atoms with van der Waals surface area (Å²) in [6.45, 7) is 7.33. The van der Waals surface area contributed by atoms with Gasteiger partial charge in [0.25, 0.3) is 0 Å². The molecule has 0 spiro atoms. The molecule has 0 fully saturated rings. The number of nitrogens with one attached hydrogen (secondary N) is 1. The van der Waals surface area contributed by atoms with Crippen LogP contribution in [0.1, 0.15) is 27.2 Å². The van der Waals surface area contributed by atoms with Crippen LogP contribution < -0.4 is 10.1 Å². The van der Waals surface area contributed by atoms with Crippen molar-refractivity contribution in [2.24, 2.45) is 5.92 Å². The molecule has 0 bridgehead atoms. The molecule has 4 heteroatoms. The first kappa shape index (κ1) is 16.3. The fourth-order valence-corrected chi connectivity index (χ4v) is 1.78. The maximum atomic E-state index is 9.85. The molecule has 0 amide bonds. The quantitative estimate of drug-likeness (QED) is 0.771. The van der Waals surface area contributed by atoms with E-state index in [4.69, 9.17) is 16.3 Å². The summed E-state index contributed by atoms with van der Waals surface area (Å²) >= 11 is 5.79. The molecule has 3 unspecified atom stereocenters. The summed E-state index contributed by atoms with van der Waals surface area (Å²) in [6, 6.07) is 7.53. The van der Waals surface area contributed by atoms with Crippen LogP contribution in [0.4, 0.5) is 0 Å². The van der Waals surface area contributed by atoms with E-state index in [1.165, 1.54) is 0 Å². The van der Waals surface area contributed by atoms with Crippen molar-refractivity contribution >= 4 is 11.6 Å². The van der Waals surface area contributed by atoms with Crippen molar-refractivity contribution in [3.63, 3.8) is 0 Å². The number of hydrogen-bond acceptors (Lipinski definition) is 3. The molecule has 0 saturated carbocycles. The molecule has 0 saturated heterocycles. The van der Waals surface area contributed by atoms with Gasteiger partial charge in [-0.3, -0.25) is 0 Å². The average Bonchev–Trinajstić information content (AvgIpc) is 2.43. The molecule has 19 heavy (non-hydrogen) atoms. The van der Waals surface area contributed by atoms with Gasteiger partial charge in [-0.15, -0.1) is 0 Å². The number of aliphatic hydroxyl groups excluding tert-OH is 1. The molecule has 3 atom stereocenters. The number of hydrogen-bond donors (Lipinski definition) is 2. The van der Waals surface area contributed by atoms with Crippen molar-refractivity contribution in [2.75, 3.05) is 13.2 Å². The minimum absolute atomic E-state index is 0.280. The summed E-state index contributed by atoms with van der Waals surface area (Å²) in [5.41, 5.74) is 0. The second-order valence-corrected chi connectivity index (χ2v) is 5.44. The Labute approximate surface area is 120 Å². The van der Waals surface area contributed by atoms with Crippen LogP contribution >= 0.6 is 11.6 Å². The molecule has 1 rings (SSSR count). The lowest BCUT2D eigenvalue weighted by atomic mass is 10.0. The van der Waals surface area contributed by atoms with E-state index in [0.717, 1.165) is 12.2 Å². The SMILES string of the molecule is CCC(C)C(C)NCC(O)COc1ccc(Cl)cc1.